The van der Waals surface area contributed by atoms with E-state index in [9.17, 15) is 0 Å². The Morgan fingerprint density at radius 3 is 2.45 bits per heavy atom. The molecule has 0 spiro atoms. The second-order valence-corrected chi connectivity index (χ2v) is 7.48. The first-order valence-corrected chi connectivity index (χ1v) is 10.5. The van der Waals surface area contributed by atoms with Gasteiger partial charge in [0.25, 0.3) is 0 Å². The third kappa shape index (κ3) is 4.09. The summed E-state index contributed by atoms with van der Waals surface area (Å²) < 4.78 is 8.51. The van der Waals surface area contributed by atoms with E-state index in [4.69, 9.17) is 9.84 Å². The standard InChI is InChI=1S/C24H28N6O/c1-16-22-17(2)30(29-23(22)24(26-4)28-27-16)19-12-8-9-13-21(19)31-20(14-15-25-3)18-10-6-5-7-11-18/h5-13,20,25H,14-15H2,1-4H3,(H,26,28). The smallest absolute Gasteiger partial charge is 0.176 e. The molecule has 0 fully saturated rings. The second kappa shape index (κ2) is 9.14. The molecule has 4 rings (SSSR count). The highest BCUT2D eigenvalue weighted by Crippen LogP contribution is 2.33. The lowest BCUT2D eigenvalue weighted by atomic mass is 10.1. The molecule has 1 atom stereocenters. The molecule has 7 heteroatoms. The number of nitrogens with one attached hydrogen (secondary N) is 2. The van der Waals surface area contributed by atoms with Gasteiger partial charge >= 0.3 is 0 Å². The van der Waals surface area contributed by atoms with Crippen LogP contribution in [0.4, 0.5) is 5.82 Å². The third-order valence-corrected chi connectivity index (χ3v) is 5.43. The fraction of sp³-hybridized carbons (Fsp3) is 0.292. The van der Waals surface area contributed by atoms with Crippen LogP contribution in [0.3, 0.4) is 0 Å². The molecule has 0 amide bonds. The summed E-state index contributed by atoms with van der Waals surface area (Å²) in [5, 5.41) is 20.7. The van der Waals surface area contributed by atoms with E-state index in [2.05, 4.69) is 39.9 Å². The molecule has 0 aliphatic heterocycles. The van der Waals surface area contributed by atoms with E-state index in [1.54, 1.807) is 0 Å². The van der Waals surface area contributed by atoms with Gasteiger partial charge in [-0.15, -0.1) is 5.10 Å². The maximum absolute atomic E-state index is 6.58. The molecule has 4 aromatic rings. The van der Waals surface area contributed by atoms with E-state index in [1.165, 1.54) is 0 Å². The Balaban J connectivity index is 1.79. The fourth-order valence-electron chi connectivity index (χ4n) is 3.85. The zero-order valence-corrected chi connectivity index (χ0v) is 18.4. The fourth-order valence-corrected chi connectivity index (χ4v) is 3.85. The minimum absolute atomic E-state index is 0.0713. The quantitative estimate of drug-likeness (QED) is 0.448. The van der Waals surface area contributed by atoms with Crippen molar-refractivity contribution in [2.45, 2.75) is 26.4 Å². The van der Waals surface area contributed by atoms with Gasteiger partial charge in [0.15, 0.2) is 5.82 Å². The van der Waals surface area contributed by atoms with Crippen LogP contribution in [-0.4, -0.2) is 40.6 Å². The molecule has 31 heavy (non-hydrogen) atoms. The summed E-state index contributed by atoms with van der Waals surface area (Å²) in [6.07, 6.45) is 0.782. The first-order chi connectivity index (χ1) is 15.1. The second-order valence-electron chi connectivity index (χ2n) is 7.48. The molecule has 2 aromatic heterocycles. The van der Waals surface area contributed by atoms with E-state index in [-0.39, 0.29) is 6.10 Å². The van der Waals surface area contributed by atoms with Crippen molar-refractivity contribution in [3.05, 3.63) is 71.5 Å². The van der Waals surface area contributed by atoms with Crippen LogP contribution in [0, 0.1) is 13.8 Å². The van der Waals surface area contributed by atoms with Crippen molar-refractivity contribution in [3.8, 4) is 11.4 Å². The summed E-state index contributed by atoms with van der Waals surface area (Å²) in [6.45, 7) is 4.86. The minimum atomic E-state index is -0.0713. The van der Waals surface area contributed by atoms with E-state index in [1.807, 2.05) is 68.2 Å². The van der Waals surface area contributed by atoms with Gasteiger partial charge in [0.05, 0.1) is 16.8 Å². The average Bonchev–Trinajstić information content (AvgIpc) is 3.15. The first-order valence-electron chi connectivity index (χ1n) is 10.5. The molecular weight excluding hydrogens is 388 g/mol. The van der Waals surface area contributed by atoms with Gasteiger partial charge in [0.2, 0.25) is 0 Å². The Bertz CT molecular complexity index is 1170. The van der Waals surface area contributed by atoms with Gasteiger partial charge in [-0.1, -0.05) is 42.5 Å². The van der Waals surface area contributed by atoms with Gasteiger partial charge in [0.1, 0.15) is 23.1 Å². The monoisotopic (exact) mass is 416 g/mol. The van der Waals surface area contributed by atoms with Crippen molar-refractivity contribution in [1.82, 2.24) is 25.3 Å². The van der Waals surface area contributed by atoms with E-state index < -0.39 is 0 Å². The van der Waals surface area contributed by atoms with Crippen LogP contribution in [0.15, 0.2) is 54.6 Å². The predicted octanol–water partition coefficient (Wildman–Crippen LogP) is 4.20. The molecule has 0 saturated heterocycles. The van der Waals surface area contributed by atoms with Crippen molar-refractivity contribution >= 4 is 16.7 Å². The highest BCUT2D eigenvalue weighted by molar-refractivity contribution is 5.92. The molecule has 0 aliphatic rings. The van der Waals surface area contributed by atoms with Crippen LogP contribution in [0.25, 0.3) is 16.6 Å². The highest BCUT2D eigenvalue weighted by Gasteiger charge is 2.20. The van der Waals surface area contributed by atoms with Gasteiger partial charge in [-0.05, 0) is 45.1 Å². The Hall–Kier alpha value is -3.45. The molecule has 1 unspecified atom stereocenters. The van der Waals surface area contributed by atoms with Crippen molar-refractivity contribution in [2.24, 2.45) is 0 Å². The number of aryl methyl sites for hydroxylation is 2. The molecule has 0 bridgehead atoms. The number of ether oxygens (including phenoxy) is 1. The molecule has 2 aromatic carbocycles. The predicted molar refractivity (Wildman–Crippen MR) is 124 cm³/mol. The number of rotatable bonds is 8. The third-order valence-electron chi connectivity index (χ3n) is 5.43. The van der Waals surface area contributed by atoms with Crippen LogP contribution in [0.5, 0.6) is 5.75 Å². The van der Waals surface area contributed by atoms with E-state index in [0.29, 0.717) is 5.82 Å². The lowest BCUT2D eigenvalue weighted by Gasteiger charge is -2.22. The molecule has 0 aliphatic carbocycles. The molecule has 160 valence electrons. The van der Waals surface area contributed by atoms with E-state index in [0.717, 1.165) is 52.3 Å². The summed E-state index contributed by atoms with van der Waals surface area (Å²) in [5.41, 5.74) is 4.70. The van der Waals surface area contributed by atoms with Crippen LogP contribution in [-0.2, 0) is 0 Å². The van der Waals surface area contributed by atoms with Gasteiger partial charge in [-0.25, -0.2) is 4.68 Å². The normalized spacial score (nSPS) is 12.1. The Kier molecular flexibility index (Phi) is 6.13. The first kappa shape index (κ1) is 20.8. The van der Waals surface area contributed by atoms with Crippen molar-refractivity contribution in [3.63, 3.8) is 0 Å². The number of hydrogen-bond acceptors (Lipinski definition) is 6. The van der Waals surface area contributed by atoms with Crippen LogP contribution < -0.4 is 15.4 Å². The van der Waals surface area contributed by atoms with Gasteiger partial charge in [-0.2, -0.15) is 10.2 Å². The zero-order valence-electron chi connectivity index (χ0n) is 18.4. The van der Waals surface area contributed by atoms with Crippen molar-refractivity contribution in [1.29, 1.82) is 0 Å². The number of para-hydroxylation sites is 2. The molecule has 0 radical (unpaired) electrons. The number of benzene rings is 2. The summed E-state index contributed by atoms with van der Waals surface area (Å²) in [7, 11) is 3.79. The maximum atomic E-state index is 6.58. The lowest BCUT2D eigenvalue weighted by Crippen LogP contribution is -2.17. The average molecular weight is 417 g/mol. The van der Waals surface area contributed by atoms with Gasteiger partial charge in [-0.3, -0.25) is 0 Å². The molecule has 7 nitrogen and oxygen atoms in total. The molecule has 2 N–H and O–H groups in total. The van der Waals surface area contributed by atoms with Crippen LogP contribution >= 0.6 is 0 Å². The molecule has 0 saturated carbocycles. The lowest BCUT2D eigenvalue weighted by molar-refractivity contribution is 0.194. The van der Waals surface area contributed by atoms with E-state index >= 15 is 0 Å². The van der Waals surface area contributed by atoms with Gasteiger partial charge < -0.3 is 15.4 Å². The SMILES string of the molecule is CNCCC(Oc1ccccc1-n1nc2c(NC)nnc(C)c2c1C)c1ccccc1. The Labute approximate surface area is 182 Å². The number of hydrogen-bond donors (Lipinski definition) is 2. The van der Waals surface area contributed by atoms with Crippen molar-refractivity contribution < 1.29 is 4.74 Å². The number of fused-ring (bicyclic) bond motifs is 1. The molecular formula is C24H28N6O. The maximum Gasteiger partial charge on any atom is 0.176 e. The summed E-state index contributed by atoms with van der Waals surface area (Å²) >= 11 is 0. The summed E-state index contributed by atoms with van der Waals surface area (Å²) in [6, 6.07) is 18.4. The van der Waals surface area contributed by atoms with Crippen molar-refractivity contribution in [2.75, 3.05) is 26.0 Å². The zero-order chi connectivity index (χ0) is 21.8. The number of aromatic nitrogens is 4. The Morgan fingerprint density at radius 2 is 1.71 bits per heavy atom. The highest BCUT2D eigenvalue weighted by atomic mass is 16.5. The van der Waals surface area contributed by atoms with Crippen LogP contribution in [0.2, 0.25) is 0 Å². The minimum Gasteiger partial charge on any atom is -0.483 e. The van der Waals surface area contributed by atoms with Crippen LogP contribution in [0.1, 0.15) is 29.5 Å². The Morgan fingerprint density at radius 1 is 0.968 bits per heavy atom. The topological polar surface area (TPSA) is 76.9 Å². The number of anilines is 1. The van der Waals surface area contributed by atoms with Gasteiger partial charge in [0, 0.05) is 13.5 Å². The largest absolute Gasteiger partial charge is 0.483 e. The molecule has 2 heterocycles. The summed E-state index contributed by atoms with van der Waals surface area (Å²) in [5.74, 6) is 1.45. The number of nitrogens with zero attached hydrogens (tertiary/aromatic N) is 4. The summed E-state index contributed by atoms with van der Waals surface area (Å²) in [4.78, 5) is 0.